The van der Waals surface area contributed by atoms with Crippen LogP contribution in [0.3, 0.4) is 0 Å². The largest absolute Gasteiger partial charge is 0.309 e. The molecule has 0 N–H and O–H groups in total. The fourth-order valence-electron chi connectivity index (χ4n) is 15.2. The first-order chi connectivity index (χ1) is 44.6. The van der Waals surface area contributed by atoms with Gasteiger partial charge in [0.25, 0.3) is 0 Å². The smallest absolute Gasteiger partial charge is 0.0719 e. The van der Waals surface area contributed by atoms with E-state index in [1.165, 1.54) is 161 Å². The molecule has 6 aromatic heterocycles. The van der Waals surface area contributed by atoms with E-state index in [2.05, 4.69) is 322 Å². The summed E-state index contributed by atoms with van der Waals surface area (Å²) in [5.74, 6) is 0. The molecule has 0 aliphatic heterocycles. The van der Waals surface area contributed by atoms with E-state index in [1.54, 1.807) is 0 Å². The third-order valence-electron chi connectivity index (χ3n) is 19.2. The summed E-state index contributed by atoms with van der Waals surface area (Å²) in [4.78, 5) is 0. The molecule has 418 valence electrons. The Morgan fingerprint density at radius 3 is 1.30 bits per heavy atom. The number of benzene rings is 14. The van der Waals surface area contributed by atoms with Crippen LogP contribution in [-0.4, -0.2) is 18.3 Å². The lowest BCUT2D eigenvalue weighted by Crippen LogP contribution is -1.95. The van der Waals surface area contributed by atoms with Crippen LogP contribution in [0.25, 0.3) is 184 Å². The van der Waals surface area contributed by atoms with Crippen molar-refractivity contribution < 1.29 is 0 Å². The summed E-state index contributed by atoms with van der Waals surface area (Å²) in [7, 11) is 0. The molecule has 14 aromatic carbocycles. The van der Waals surface area contributed by atoms with Crippen molar-refractivity contribution in [3.8, 4) is 56.1 Å². The van der Waals surface area contributed by atoms with Crippen molar-refractivity contribution in [3.05, 3.63) is 303 Å². The number of nitrogens with zero attached hydrogens (tertiary/aromatic N) is 4. The molecule has 20 rings (SSSR count). The molecule has 4 nitrogen and oxygen atoms in total. The average molecular weight is 1180 g/mol. The van der Waals surface area contributed by atoms with Crippen LogP contribution in [0.1, 0.15) is 0 Å². The topological polar surface area (TPSA) is 19.7 Å². The molecule has 6 heterocycles. The van der Waals surface area contributed by atoms with E-state index in [0.29, 0.717) is 0 Å². The van der Waals surface area contributed by atoms with Gasteiger partial charge in [-0.15, -0.1) is 22.7 Å². The number of hydrogen-bond acceptors (Lipinski definition) is 2. The van der Waals surface area contributed by atoms with E-state index in [-0.39, 0.29) is 0 Å². The number of thiophene rings is 2. The molecule has 90 heavy (non-hydrogen) atoms. The van der Waals surface area contributed by atoms with E-state index in [9.17, 15) is 0 Å². The summed E-state index contributed by atoms with van der Waals surface area (Å²) in [6, 6.07) is 113. The molecule has 0 unspecified atom stereocenters. The van der Waals surface area contributed by atoms with Gasteiger partial charge in [0.2, 0.25) is 0 Å². The molecule has 0 fully saturated rings. The number of hydrogen-bond donors (Lipinski definition) is 0. The number of fused-ring (bicyclic) bond motifs is 19. The molecular weight excluding hydrogens is 1130 g/mol. The average Bonchev–Trinajstić information content (AvgIpc) is 1.63. The fraction of sp³-hybridized carbons (Fsp3) is 0. The van der Waals surface area contributed by atoms with E-state index in [0.717, 1.165) is 22.7 Å². The zero-order valence-corrected chi connectivity index (χ0v) is 50.1. The minimum absolute atomic E-state index is 1.13. The first kappa shape index (κ1) is 49.8. The quantitative estimate of drug-likeness (QED) is 0.152. The highest BCUT2D eigenvalue weighted by atomic mass is 32.1. The molecule has 0 bridgehead atoms. The summed E-state index contributed by atoms with van der Waals surface area (Å²) in [6.07, 6.45) is 0. The lowest BCUT2D eigenvalue weighted by atomic mass is 9.97. The summed E-state index contributed by atoms with van der Waals surface area (Å²) in [6.45, 7) is 0. The Morgan fingerprint density at radius 2 is 0.656 bits per heavy atom. The van der Waals surface area contributed by atoms with Gasteiger partial charge in [0.15, 0.2) is 0 Å². The third kappa shape index (κ3) is 7.23. The van der Waals surface area contributed by atoms with Crippen molar-refractivity contribution >= 4 is 150 Å². The van der Waals surface area contributed by atoms with Crippen LogP contribution in [0.15, 0.2) is 303 Å². The van der Waals surface area contributed by atoms with Crippen LogP contribution < -0.4 is 0 Å². The summed E-state index contributed by atoms with van der Waals surface area (Å²) < 4.78 is 15.0. The monoisotopic (exact) mass is 1180 g/mol. The molecular formula is C84H50N4S2. The van der Waals surface area contributed by atoms with E-state index >= 15 is 0 Å². The maximum absolute atomic E-state index is 2.51. The molecule has 0 radical (unpaired) electrons. The van der Waals surface area contributed by atoms with Crippen LogP contribution in [0.5, 0.6) is 0 Å². The zero-order chi connectivity index (χ0) is 58.7. The third-order valence-corrected chi connectivity index (χ3v) is 21.5. The van der Waals surface area contributed by atoms with Gasteiger partial charge in [0.1, 0.15) is 0 Å². The second kappa shape index (κ2) is 19.1. The molecule has 0 saturated heterocycles. The molecule has 0 aliphatic rings. The number of para-hydroxylation sites is 5. The SMILES string of the molecule is c1cc(-c2ccc(-n3c4ccccc4c4c(-c5ccc6sc7c(ccc8c9ccccc9n(-c9cccc(-c%10ccc(-n%11c%12ccccc%12c%12ccccc%12%11)cc%10)c9)c87)c6c5)cccc43)cc2)cc(-n2c3ccccc3c3cc4c(cc32)sc2ccccc24)c1. The van der Waals surface area contributed by atoms with Crippen LogP contribution in [0.2, 0.25) is 0 Å². The van der Waals surface area contributed by atoms with Gasteiger partial charge < -0.3 is 18.3 Å². The van der Waals surface area contributed by atoms with E-state index in [1.807, 2.05) is 22.7 Å². The van der Waals surface area contributed by atoms with Crippen LogP contribution >= 0.6 is 22.7 Å². The number of aromatic nitrogens is 4. The van der Waals surface area contributed by atoms with Crippen molar-refractivity contribution in [1.82, 2.24) is 18.3 Å². The van der Waals surface area contributed by atoms with Gasteiger partial charge in [-0.05, 0) is 149 Å². The highest BCUT2D eigenvalue weighted by Crippen LogP contribution is 2.47. The Morgan fingerprint density at radius 1 is 0.200 bits per heavy atom. The molecule has 20 aromatic rings. The predicted octanol–water partition coefficient (Wildman–Crippen LogP) is 23.8. The van der Waals surface area contributed by atoms with Crippen LogP contribution in [0, 0.1) is 0 Å². The van der Waals surface area contributed by atoms with Crippen molar-refractivity contribution in [2.24, 2.45) is 0 Å². The molecule has 6 heteroatoms. The maximum atomic E-state index is 2.51. The normalized spacial score (nSPS) is 12.2. The second-order valence-electron chi connectivity index (χ2n) is 23.9. The Labute approximate surface area is 524 Å². The lowest BCUT2D eigenvalue weighted by Gasteiger charge is -2.12. The Balaban J connectivity index is 0.667. The lowest BCUT2D eigenvalue weighted by molar-refractivity contribution is 1.18. The van der Waals surface area contributed by atoms with Gasteiger partial charge in [-0.25, -0.2) is 0 Å². The van der Waals surface area contributed by atoms with Crippen LogP contribution in [0.4, 0.5) is 0 Å². The standard InChI is InChI=1S/C84H50N4S2/c1-7-27-72-61(20-1)62-21-2-8-28-73(62)85(72)56-39-34-52(35-40-56)54-17-14-19-59(47-54)88-75-30-10-3-22-63(75)66-43-44-67-70-48-55(38-45-80(70)90-84(67)83(66)88)60-26-15-32-77-82(60)68-25-5-11-31-76(68)86(77)57-41-36-51(37-42-57)53-16-13-18-58(46-53)87-74-29-9-4-23-64(74)69-49-71-65-24-6-12-33-79(65)89-81(71)50-78(69)87/h1-50H. The van der Waals surface area contributed by atoms with Gasteiger partial charge in [-0.1, -0.05) is 188 Å². The van der Waals surface area contributed by atoms with E-state index < -0.39 is 0 Å². The summed E-state index contributed by atoms with van der Waals surface area (Å²) in [5.41, 5.74) is 21.4. The predicted molar refractivity (Wildman–Crippen MR) is 386 cm³/mol. The van der Waals surface area contributed by atoms with Crippen molar-refractivity contribution in [2.45, 2.75) is 0 Å². The number of rotatable bonds is 7. The summed E-state index contributed by atoms with van der Waals surface area (Å²) in [5, 5.41) is 15.3. The highest BCUT2D eigenvalue weighted by molar-refractivity contribution is 7.27. The zero-order valence-electron chi connectivity index (χ0n) is 48.5. The highest BCUT2D eigenvalue weighted by Gasteiger charge is 2.22. The minimum Gasteiger partial charge on any atom is -0.309 e. The Kier molecular flexibility index (Phi) is 10.6. The molecule has 0 amide bonds. The second-order valence-corrected chi connectivity index (χ2v) is 26.1. The molecule has 0 spiro atoms. The molecule has 0 atom stereocenters. The maximum Gasteiger partial charge on any atom is 0.0719 e. The van der Waals surface area contributed by atoms with Gasteiger partial charge >= 0.3 is 0 Å². The molecule has 0 saturated carbocycles. The van der Waals surface area contributed by atoms with Crippen molar-refractivity contribution in [2.75, 3.05) is 0 Å². The minimum atomic E-state index is 1.13. The first-order valence-corrected chi connectivity index (χ1v) is 32.4. The van der Waals surface area contributed by atoms with Crippen molar-refractivity contribution in [3.63, 3.8) is 0 Å². The van der Waals surface area contributed by atoms with Crippen LogP contribution in [-0.2, 0) is 0 Å². The Hall–Kier alpha value is -11.3. The molecule has 0 aliphatic carbocycles. The summed E-state index contributed by atoms with van der Waals surface area (Å²) >= 11 is 3.78. The Bertz CT molecular complexity index is 6340. The van der Waals surface area contributed by atoms with Gasteiger partial charge in [0, 0.05) is 101 Å². The fourth-order valence-corrected chi connectivity index (χ4v) is 17.5. The van der Waals surface area contributed by atoms with Gasteiger partial charge in [0.05, 0.1) is 48.8 Å². The van der Waals surface area contributed by atoms with Crippen molar-refractivity contribution in [1.29, 1.82) is 0 Å². The van der Waals surface area contributed by atoms with E-state index in [4.69, 9.17) is 0 Å². The van der Waals surface area contributed by atoms with Gasteiger partial charge in [-0.2, -0.15) is 0 Å². The first-order valence-electron chi connectivity index (χ1n) is 30.8. The van der Waals surface area contributed by atoms with Gasteiger partial charge in [-0.3, -0.25) is 0 Å².